The molecule has 0 aliphatic carbocycles. The highest BCUT2D eigenvalue weighted by molar-refractivity contribution is 5.45. The van der Waals surface area contributed by atoms with Crippen molar-refractivity contribution in [1.82, 2.24) is 9.78 Å². The molecule has 0 atom stereocenters. The van der Waals surface area contributed by atoms with Gasteiger partial charge >= 0.3 is 6.18 Å². The van der Waals surface area contributed by atoms with Crippen molar-refractivity contribution in [2.45, 2.75) is 19.6 Å². The minimum atomic E-state index is -4.29. The summed E-state index contributed by atoms with van der Waals surface area (Å²) in [5.74, 6) is 0. The third-order valence-electron chi connectivity index (χ3n) is 2.78. The fourth-order valence-corrected chi connectivity index (χ4v) is 1.80. The van der Waals surface area contributed by atoms with Crippen LogP contribution in [0.1, 0.15) is 17.0 Å². The van der Waals surface area contributed by atoms with Gasteiger partial charge in [-0.1, -0.05) is 0 Å². The van der Waals surface area contributed by atoms with E-state index >= 15 is 0 Å². The second kappa shape index (κ2) is 4.95. The van der Waals surface area contributed by atoms with Gasteiger partial charge in [-0.3, -0.25) is 4.68 Å². The molecule has 1 heterocycles. The normalized spacial score (nSPS) is 11.6. The maximum absolute atomic E-state index is 12.4. The number of aromatic nitrogens is 2. The Kier molecular flexibility index (Phi) is 3.50. The number of nitrogens with one attached hydrogen (secondary N) is 1. The lowest BCUT2D eigenvalue weighted by Gasteiger charge is -2.09. The molecule has 0 bridgehead atoms. The molecule has 0 radical (unpaired) electrons. The van der Waals surface area contributed by atoms with Crippen molar-refractivity contribution < 1.29 is 13.2 Å². The molecular formula is C13H14F3N3. The van der Waals surface area contributed by atoms with Crippen molar-refractivity contribution in [3.05, 3.63) is 47.3 Å². The summed E-state index contributed by atoms with van der Waals surface area (Å²) in [5.41, 5.74) is 1.88. The van der Waals surface area contributed by atoms with Crippen LogP contribution in [-0.2, 0) is 19.8 Å². The standard InChI is InChI=1S/C13H14F3N3/c1-9-7-12(19(2)18-9)8-17-11-5-3-10(4-6-11)13(14,15)16/h3-7,17H,8H2,1-2H3. The minimum Gasteiger partial charge on any atom is -0.379 e. The quantitative estimate of drug-likeness (QED) is 0.926. The van der Waals surface area contributed by atoms with Crippen LogP contribution in [-0.4, -0.2) is 9.78 Å². The summed E-state index contributed by atoms with van der Waals surface area (Å²) in [5, 5.41) is 7.26. The van der Waals surface area contributed by atoms with Gasteiger partial charge in [-0.05, 0) is 37.3 Å². The molecule has 0 unspecified atom stereocenters. The maximum atomic E-state index is 12.4. The summed E-state index contributed by atoms with van der Waals surface area (Å²) in [4.78, 5) is 0. The summed E-state index contributed by atoms with van der Waals surface area (Å²) < 4.78 is 38.9. The lowest BCUT2D eigenvalue weighted by Crippen LogP contribution is -2.07. The molecule has 102 valence electrons. The van der Waals surface area contributed by atoms with Gasteiger partial charge in [0, 0.05) is 12.7 Å². The molecule has 0 aliphatic heterocycles. The Morgan fingerprint density at radius 1 is 1.21 bits per heavy atom. The summed E-state index contributed by atoms with van der Waals surface area (Å²) in [6, 6.07) is 6.91. The monoisotopic (exact) mass is 269 g/mol. The summed E-state index contributed by atoms with van der Waals surface area (Å²) >= 11 is 0. The lowest BCUT2D eigenvalue weighted by molar-refractivity contribution is -0.137. The highest BCUT2D eigenvalue weighted by Crippen LogP contribution is 2.29. The number of nitrogens with zero attached hydrogens (tertiary/aromatic N) is 2. The molecular weight excluding hydrogens is 255 g/mol. The number of anilines is 1. The van der Waals surface area contributed by atoms with Crippen molar-refractivity contribution in [3.63, 3.8) is 0 Å². The van der Waals surface area contributed by atoms with Gasteiger partial charge in [-0.2, -0.15) is 18.3 Å². The van der Waals surface area contributed by atoms with E-state index in [9.17, 15) is 13.2 Å². The highest BCUT2D eigenvalue weighted by Gasteiger charge is 2.29. The summed E-state index contributed by atoms with van der Waals surface area (Å²) in [6.45, 7) is 2.41. The molecule has 3 nitrogen and oxygen atoms in total. The fraction of sp³-hybridized carbons (Fsp3) is 0.308. The number of alkyl halides is 3. The zero-order valence-electron chi connectivity index (χ0n) is 10.6. The molecule has 6 heteroatoms. The van der Waals surface area contributed by atoms with Crippen molar-refractivity contribution in [3.8, 4) is 0 Å². The van der Waals surface area contributed by atoms with E-state index in [2.05, 4.69) is 10.4 Å². The molecule has 1 aromatic heterocycles. The van der Waals surface area contributed by atoms with Crippen LogP contribution in [0.3, 0.4) is 0 Å². The zero-order chi connectivity index (χ0) is 14.0. The number of benzene rings is 1. The Balaban J connectivity index is 2.02. The van der Waals surface area contributed by atoms with Crippen LogP contribution >= 0.6 is 0 Å². The van der Waals surface area contributed by atoms with Gasteiger partial charge in [-0.15, -0.1) is 0 Å². The second-order valence-electron chi connectivity index (χ2n) is 4.33. The Morgan fingerprint density at radius 3 is 2.32 bits per heavy atom. The van der Waals surface area contributed by atoms with Crippen LogP contribution < -0.4 is 5.32 Å². The molecule has 0 fully saturated rings. The van der Waals surface area contributed by atoms with Crippen molar-refractivity contribution in [2.24, 2.45) is 7.05 Å². The highest BCUT2D eigenvalue weighted by atomic mass is 19.4. The molecule has 2 rings (SSSR count). The van der Waals surface area contributed by atoms with E-state index in [4.69, 9.17) is 0 Å². The number of rotatable bonds is 3. The molecule has 2 aromatic rings. The van der Waals surface area contributed by atoms with Crippen LogP contribution in [0.2, 0.25) is 0 Å². The van der Waals surface area contributed by atoms with Crippen LogP contribution in [0.4, 0.5) is 18.9 Å². The SMILES string of the molecule is Cc1cc(CNc2ccc(C(F)(F)F)cc2)n(C)n1. The maximum Gasteiger partial charge on any atom is 0.416 e. The van der Waals surface area contributed by atoms with Crippen LogP contribution in [0.5, 0.6) is 0 Å². The Hall–Kier alpha value is -1.98. The number of halogens is 3. The van der Waals surface area contributed by atoms with E-state index in [0.717, 1.165) is 23.5 Å². The van der Waals surface area contributed by atoms with Crippen LogP contribution in [0.15, 0.2) is 30.3 Å². The average Bonchev–Trinajstić information content (AvgIpc) is 2.65. The van der Waals surface area contributed by atoms with Gasteiger partial charge in [0.2, 0.25) is 0 Å². The van der Waals surface area contributed by atoms with Gasteiger partial charge in [0.05, 0.1) is 23.5 Å². The van der Waals surface area contributed by atoms with Gasteiger partial charge in [0.1, 0.15) is 0 Å². The topological polar surface area (TPSA) is 29.9 Å². The van der Waals surface area contributed by atoms with Crippen molar-refractivity contribution in [1.29, 1.82) is 0 Å². The summed E-state index contributed by atoms with van der Waals surface area (Å²) in [7, 11) is 1.83. The van der Waals surface area contributed by atoms with Gasteiger partial charge in [0.15, 0.2) is 0 Å². The Bertz CT molecular complexity index is 556. The van der Waals surface area contributed by atoms with E-state index in [1.807, 2.05) is 20.0 Å². The van der Waals surface area contributed by atoms with E-state index in [1.54, 1.807) is 4.68 Å². The van der Waals surface area contributed by atoms with E-state index in [0.29, 0.717) is 12.2 Å². The van der Waals surface area contributed by atoms with E-state index < -0.39 is 11.7 Å². The third kappa shape index (κ3) is 3.27. The first-order chi connectivity index (χ1) is 8.86. The van der Waals surface area contributed by atoms with E-state index in [1.165, 1.54) is 12.1 Å². The molecule has 1 aromatic carbocycles. The Morgan fingerprint density at radius 2 is 1.84 bits per heavy atom. The predicted molar refractivity (Wildman–Crippen MR) is 66.7 cm³/mol. The zero-order valence-corrected chi connectivity index (χ0v) is 10.6. The van der Waals surface area contributed by atoms with Gasteiger partial charge < -0.3 is 5.32 Å². The van der Waals surface area contributed by atoms with E-state index in [-0.39, 0.29) is 0 Å². The predicted octanol–water partition coefficient (Wildman–Crippen LogP) is 3.36. The minimum absolute atomic E-state index is 0.517. The largest absolute Gasteiger partial charge is 0.416 e. The molecule has 0 aliphatic rings. The third-order valence-corrected chi connectivity index (χ3v) is 2.78. The number of hydrogen-bond acceptors (Lipinski definition) is 2. The first kappa shape index (κ1) is 13.5. The van der Waals surface area contributed by atoms with Gasteiger partial charge in [0.25, 0.3) is 0 Å². The molecule has 0 saturated heterocycles. The average molecular weight is 269 g/mol. The molecule has 0 saturated carbocycles. The van der Waals surface area contributed by atoms with Crippen molar-refractivity contribution in [2.75, 3.05) is 5.32 Å². The summed E-state index contributed by atoms with van der Waals surface area (Å²) in [6.07, 6.45) is -4.29. The molecule has 19 heavy (non-hydrogen) atoms. The van der Waals surface area contributed by atoms with Crippen molar-refractivity contribution >= 4 is 5.69 Å². The lowest BCUT2D eigenvalue weighted by atomic mass is 10.2. The molecule has 0 amide bonds. The fourth-order valence-electron chi connectivity index (χ4n) is 1.80. The number of aryl methyl sites for hydroxylation is 2. The molecule has 0 spiro atoms. The molecule has 1 N–H and O–H groups in total. The van der Waals surface area contributed by atoms with Gasteiger partial charge in [-0.25, -0.2) is 0 Å². The second-order valence-corrected chi connectivity index (χ2v) is 4.33. The first-order valence-corrected chi connectivity index (χ1v) is 5.77. The van der Waals surface area contributed by atoms with Crippen LogP contribution in [0.25, 0.3) is 0 Å². The van der Waals surface area contributed by atoms with Crippen LogP contribution in [0, 0.1) is 6.92 Å². The smallest absolute Gasteiger partial charge is 0.379 e. The number of hydrogen-bond donors (Lipinski definition) is 1. The Labute approximate surface area is 109 Å². The first-order valence-electron chi connectivity index (χ1n) is 5.77.